The van der Waals surface area contributed by atoms with E-state index in [9.17, 15) is 35.1 Å². The molecule has 15 nitrogen and oxygen atoms in total. The first kappa shape index (κ1) is 18.1. The van der Waals surface area contributed by atoms with Gasteiger partial charge >= 0.3 is 11.4 Å². The first-order valence-corrected chi connectivity index (χ1v) is 7.13. The maximum atomic E-state index is 11.2. The summed E-state index contributed by atoms with van der Waals surface area (Å²) in [5.41, 5.74) is -1.75. The van der Waals surface area contributed by atoms with E-state index in [1.165, 1.54) is 0 Å². The van der Waals surface area contributed by atoms with E-state index in [-0.39, 0.29) is 22.9 Å². The van der Waals surface area contributed by atoms with Gasteiger partial charge in [0.25, 0.3) is 17.1 Å². The number of ether oxygens (including phenoxy) is 1. The lowest BCUT2D eigenvalue weighted by Gasteiger charge is -2.05. The van der Waals surface area contributed by atoms with Crippen molar-refractivity contribution >= 4 is 17.1 Å². The number of nitrogens with zero attached hydrogens (tertiary/aromatic N) is 5. The Bertz CT molecular complexity index is 1140. The summed E-state index contributed by atoms with van der Waals surface area (Å²) < 4.78 is 9.76. The maximum Gasteiger partial charge on any atom is 0.493 e. The molecule has 3 rings (SSSR count). The van der Waals surface area contributed by atoms with Crippen LogP contribution in [0.25, 0.3) is 5.69 Å². The molecule has 0 fully saturated rings. The second kappa shape index (κ2) is 6.90. The van der Waals surface area contributed by atoms with Gasteiger partial charge in [0, 0.05) is 6.07 Å². The summed E-state index contributed by atoms with van der Waals surface area (Å²) >= 11 is 0. The number of aromatic amines is 1. The minimum absolute atomic E-state index is 0.157. The average molecular weight is 391 g/mol. The molecule has 0 unspecified atom stereocenters. The molecule has 0 atom stereocenters. The Labute approximate surface area is 151 Å². The van der Waals surface area contributed by atoms with Crippen LogP contribution < -0.4 is 15.3 Å². The molecular weight excluding hydrogens is 384 g/mol. The average Bonchev–Trinajstić information content (AvgIpc) is 3.07. The zero-order chi connectivity index (χ0) is 20.4. The van der Waals surface area contributed by atoms with Crippen molar-refractivity contribution in [3.63, 3.8) is 0 Å². The number of nitro benzene ring substituents is 3. The molecule has 0 amide bonds. The second-order valence-corrected chi connectivity index (χ2v) is 5.09. The van der Waals surface area contributed by atoms with Crippen LogP contribution in [0.5, 0.6) is 11.5 Å². The van der Waals surface area contributed by atoms with Crippen LogP contribution in [-0.4, -0.2) is 25.1 Å². The van der Waals surface area contributed by atoms with Gasteiger partial charge in [0.1, 0.15) is 5.75 Å². The first-order valence-electron chi connectivity index (χ1n) is 7.13. The Morgan fingerprint density at radius 3 is 2.04 bits per heavy atom. The number of non-ortho nitro benzene ring substituents is 3. The van der Waals surface area contributed by atoms with Crippen molar-refractivity contribution in [3.05, 3.63) is 77.3 Å². The van der Waals surface area contributed by atoms with Gasteiger partial charge in [-0.05, 0) is 6.07 Å². The lowest BCUT2D eigenvalue weighted by Crippen LogP contribution is -2.38. The van der Waals surface area contributed by atoms with Gasteiger partial charge in [-0.3, -0.25) is 30.3 Å². The number of hydrogen-bond acceptors (Lipinski definition) is 10. The largest absolute Gasteiger partial charge is 0.493 e. The van der Waals surface area contributed by atoms with Crippen molar-refractivity contribution in [1.29, 1.82) is 0 Å². The fraction of sp³-hybridized carbons (Fsp3) is 0. The van der Waals surface area contributed by atoms with Gasteiger partial charge in [-0.2, -0.15) is 0 Å². The SMILES string of the molecule is O=c1[nH][n+](-c2cc([N+](=O)[O-])ccc2Oc2cc([N+](=O)[O-])cc([N+](=O)[O-])c2)no1. The molecule has 0 spiro atoms. The van der Waals surface area contributed by atoms with Crippen LogP contribution in [0.4, 0.5) is 17.1 Å². The van der Waals surface area contributed by atoms with Gasteiger partial charge in [0.15, 0.2) is 0 Å². The number of hydrogen-bond donors (Lipinski definition) is 1. The highest BCUT2D eigenvalue weighted by molar-refractivity contribution is 5.54. The number of H-pyrrole nitrogens is 1. The summed E-state index contributed by atoms with van der Waals surface area (Å²) in [4.78, 5) is 42.4. The smallest absolute Gasteiger partial charge is 0.450 e. The van der Waals surface area contributed by atoms with Crippen molar-refractivity contribution < 1.29 is 28.8 Å². The van der Waals surface area contributed by atoms with Crippen LogP contribution in [0.3, 0.4) is 0 Å². The molecular formula is C13H7N6O9+. The Kier molecular flexibility index (Phi) is 4.47. The molecule has 1 aromatic heterocycles. The molecule has 2 aromatic carbocycles. The molecule has 142 valence electrons. The van der Waals surface area contributed by atoms with E-state index < -0.39 is 31.9 Å². The highest BCUT2D eigenvalue weighted by atomic mass is 16.6. The zero-order valence-electron chi connectivity index (χ0n) is 13.4. The molecule has 1 N–H and O–H groups in total. The minimum atomic E-state index is -0.969. The quantitative estimate of drug-likeness (QED) is 0.361. The standard InChI is InChI=1S/C13H6N6O9/c20-13-14-16(15-28-13)11-6-7(17(21)22)1-2-12(11)27-10-4-8(18(23)24)3-9(5-10)19(25)26/h1-6H/p+1. The molecule has 28 heavy (non-hydrogen) atoms. The molecule has 3 aromatic rings. The molecule has 0 bridgehead atoms. The number of benzene rings is 2. The summed E-state index contributed by atoms with van der Waals surface area (Å²) in [6.45, 7) is 0. The topological polar surface area (TPSA) is 201 Å². The second-order valence-electron chi connectivity index (χ2n) is 5.09. The fourth-order valence-electron chi connectivity index (χ4n) is 2.15. The van der Waals surface area contributed by atoms with Gasteiger partial charge < -0.3 is 4.74 Å². The van der Waals surface area contributed by atoms with E-state index in [1.807, 2.05) is 0 Å². The van der Waals surface area contributed by atoms with Gasteiger partial charge in [-0.25, -0.2) is 9.32 Å². The van der Waals surface area contributed by atoms with Gasteiger partial charge in [0.05, 0.1) is 43.8 Å². The molecule has 0 aliphatic carbocycles. The van der Waals surface area contributed by atoms with Crippen molar-refractivity contribution in [3.8, 4) is 17.2 Å². The Hall–Kier alpha value is -4.69. The monoisotopic (exact) mass is 391 g/mol. The first-order chi connectivity index (χ1) is 13.2. The lowest BCUT2D eigenvalue weighted by atomic mass is 10.2. The van der Waals surface area contributed by atoms with Crippen molar-refractivity contribution in [2.75, 3.05) is 0 Å². The third-order valence-electron chi connectivity index (χ3n) is 3.31. The minimum Gasteiger partial charge on any atom is -0.450 e. The van der Waals surface area contributed by atoms with Crippen molar-refractivity contribution in [2.24, 2.45) is 0 Å². The molecule has 0 saturated carbocycles. The predicted octanol–water partition coefficient (Wildman–Crippen LogP) is 1.16. The molecule has 0 aliphatic rings. The van der Waals surface area contributed by atoms with E-state index >= 15 is 0 Å². The Balaban J connectivity index is 2.12. The number of aromatic nitrogens is 3. The van der Waals surface area contributed by atoms with E-state index in [4.69, 9.17) is 4.74 Å². The van der Waals surface area contributed by atoms with Crippen LogP contribution in [0.1, 0.15) is 0 Å². The molecule has 15 heteroatoms. The van der Waals surface area contributed by atoms with E-state index in [0.717, 1.165) is 41.2 Å². The molecule has 0 saturated heterocycles. The lowest BCUT2D eigenvalue weighted by molar-refractivity contribution is -0.725. The van der Waals surface area contributed by atoms with Crippen LogP contribution in [0.2, 0.25) is 0 Å². The van der Waals surface area contributed by atoms with Crippen LogP contribution >= 0.6 is 0 Å². The number of nitrogens with one attached hydrogen (secondary N) is 1. The van der Waals surface area contributed by atoms with Crippen molar-refractivity contribution in [2.45, 2.75) is 0 Å². The van der Waals surface area contributed by atoms with E-state index in [1.54, 1.807) is 0 Å². The molecule has 0 radical (unpaired) electrons. The molecule has 0 aliphatic heterocycles. The Morgan fingerprint density at radius 1 is 0.929 bits per heavy atom. The third kappa shape index (κ3) is 3.62. The van der Waals surface area contributed by atoms with Gasteiger partial charge in [-0.1, -0.05) is 5.10 Å². The third-order valence-corrected chi connectivity index (χ3v) is 3.31. The summed E-state index contributed by atoms with van der Waals surface area (Å²) in [5, 5.41) is 38.4. The summed E-state index contributed by atoms with van der Waals surface area (Å²) in [5.74, 6) is -1.42. The van der Waals surface area contributed by atoms with Crippen LogP contribution in [0.15, 0.2) is 45.7 Å². The molecule has 1 heterocycles. The summed E-state index contributed by atoms with van der Waals surface area (Å²) in [7, 11) is 0. The van der Waals surface area contributed by atoms with Gasteiger partial charge in [-0.15, -0.1) is 0 Å². The summed E-state index contributed by atoms with van der Waals surface area (Å²) in [6.07, 6.45) is 0. The number of nitro groups is 3. The van der Waals surface area contributed by atoms with E-state index in [2.05, 4.69) is 14.9 Å². The Morgan fingerprint density at radius 2 is 1.54 bits per heavy atom. The van der Waals surface area contributed by atoms with Gasteiger partial charge in [0.2, 0.25) is 11.0 Å². The highest BCUT2D eigenvalue weighted by Crippen LogP contribution is 2.33. The number of rotatable bonds is 6. The maximum absolute atomic E-state index is 11.2. The normalized spacial score (nSPS) is 10.4. The van der Waals surface area contributed by atoms with Crippen LogP contribution in [-0.2, 0) is 0 Å². The van der Waals surface area contributed by atoms with E-state index in [0.29, 0.717) is 0 Å². The summed E-state index contributed by atoms with van der Waals surface area (Å²) in [6, 6.07) is 5.76. The predicted molar refractivity (Wildman–Crippen MR) is 85.1 cm³/mol. The fourth-order valence-corrected chi connectivity index (χ4v) is 2.15. The zero-order valence-corrected chi connectivity index (χ0v) is 13.4. The highest BCUT2D eigenvalue weighted by Gasteiger charge is 2.26. The van der Waals surface area contributed by atoms with Crippen LogP contribution in [0, 0.1) is 30.3 Å². The van der Waals surface area contributed by atoms with Crippen molar-refractivity contribution in [1.82, 2.24) is 10.4 Å².